The predicted octanol–water partition coefficient (Wildman–Crippen LogP) is 2.87. The minimum atomic E-state index is 0.693. The van der Waals surface area contributed by atoms with Crippen molar-refractivity contribution in [1.29, 1.82) is 0 Å². The zero-order chi connectivity index (χ0) is 12.0. The second-order valence-electron chi connectivity index (χ2n) is 5.89. The van der Waals surface area contributed by atoms with Crippen molar-refractivity contribution < 1.29 is 0 Å². The van der Waals surface area contributed by atoms with Gasteiger partial charge in [-0.25, -0.2) is 0 Å². The average molecular weight is 226 g/mol. The van der Waals surface area contributed by atoms with Gasteiger partial charge >= 0.3 is 0 Å². The Kier molecular flexibility index (Phi) is 6.37. The minimum Gasteiger partial charge on any atom is -0.330 e. The molecule has 1 saturated carbocycles. The number of hydrogen-bond acceptors (Lipinski definition) is 2. The van der Waals surface area contributed by atoms with Crippen molar-refractivity contribution in [2.45, 2.75) is 58.4 Å². The molecule has 0 aromatic heterocycles. The summed E-state index contributed by atoms with van der Waals surface area (Å²) in [6.07, 6.45) is 8.27. The minimum absolute atomic E-state index is 0.693. The fourth-order valence-electron chi connectivity index (χ4n) is 2.79. The van der Waals surface area contributed by atoms with Gasteiger partial charge in [-0.2, -0.15) is 0 Å². The Morgan fingerprint density at radius 2 is 2.12 bits per heavy atom. The van der Waals surface area contributed by atoms with E-state index in [9.17, 15) is 0 Å². The topological polar surface area (TPSA) is 29.3 Å². The van der Waals surface area contributed by atoms with Crippen LogP contribution in [0.3, 0.4) is 0 Å². The molecule has 3 unspecified atom stereocenters. The smallest absolute Gasteiger partial charge is 0.00947 e. The Hall–Kier alpha value is -0.0800. The van der Waals surface area contributed by atoms with Crippen molar-refractivity contribution >= 4 is 0 Å². The lowest BCUT2D eigenvalue weighted by Crippen LogP contribution is -2.36. The molecule has 1 aliphatic carbocycles. The van der Waals surface area contributed by atoms with Crippen LogP contribution in [0.5, 0.6) is 0 Å². The maximum Gasteiger partial charge on any atom is 0.00947 e. The molecule has 1 fully saturated rings. The van der Waals surface area contributed by atoms with Crippen molar-refractivity contribution in [3.63, 3.8) is 0 Å². The van der Waals surface area contributed by atoms with Crippen LogP contribution in [0.15, 0.2) is 0 Å². The van der Waals surface area contributed by atoms with Gasteiger partial charge in [-0.05, 0) is 57.7 Å². The molecule has 2 nitrogen and oxygen atoms in total. The van der Waals surface area contributed by atoms with Crippen LogP contribution in [0.4, 0.5) is 0 Å². The van der Waals surface area contributed by atoms with E-state index in [1.54, 1.807) is 0 Å². The predicted molar refractivity (Wildman–Crippen MR) is 71.5 cm³/mol. The van der Waals surface area contributed by atoms with E-state index in [0.29, 0.717) is 5.92 Å². The van der Waals surface area contributed by atoms with E-state index in [1.807, 2.05) is 0 Å². The van der Waals surface area contributed by atoms with Crippen molar-refractivity contribution in [2.75, 3.05) is 20.1 Å². The molecule has 0 aromatic rings. The quantitative estimate of drug-likeness (QED) is 0.754. The first kappa shape index (κ1) is 14.0. The van der Waals surface area contributed by atoms with Crippen molar-refractivity contribution in [3.05, 3.63) is 0 Å². The number of rotatable bonds is 6. The first-order valence-electron chi connectivity index (χ1n) is 7.03. The van der Waals surface area contributed by atoms with Crippen molar-refractivity contribution in [1.82, 2.24) is 4.90 Å². The van der Waals surface area contributed by atoms with Crippen LogP contribution < -0.4 is 5.73 Å². The van der Waals surface area contributed by atoms with Gasteiger partial charge in [-0.15, -0.1) is 0 Å². The van der Waals surface area contributed by atoms with Gasteiger partial charge in [-0.3, -0.25) is 0 Å². The number of nitrogens with two attached hydrogens (primary N) is 1. The third kappa shape index (κ3) is 4.84. The van der Waals surface area contributed by atoms with Crippen LogP contribution >= 0.6 is 0 Å². The van der Waals surface area contributed by atoms with E-state index >= 15 is 0 Å². The first-order valence-corrected chi connectivity index (χ1v) is 7.03. The number of hydrogen-bond donors (Lipinski definition) is 1. The van der Waals surface area contributed by atoms with E-state index in [0.717, 1.165) is 18.5 Å². The summed E-state index contributed by atoms with van der Waals surface area (Å²) in [7, 11) is 2.30. The van der Waals surface area contributed by atoms with Gasteiger partial charge in [0.1, 0.15) is 0 Å². The molecule has 1 rings (SSSR count). The zero-order valence-corrected chi connectivity index (χ0v) is 11.4. The molecule has 16 heavy (non-hydrogen) atoms. The second-order valence-corrected chi connectivity index (χ2v) is 5.89. The zero-order valence-electron chi connectivity index (χ0n) is 11.4. The molecule has 0 radical (unpaired) electrons. The van der Waals surface area contributed by atoms with Gasteiger partial charge in [0.05, 0.1) is 0 Å². The van der Waals surface area contributed by atoms with Crippen LogP contribution in [0.1, 0.15) is 52.4 Å². The van der Waals surface area contributed by atoms with Gasteiger partial charge in [-0.1, -0.05) is 26.7 Å². The van der Waals surface area contributed by atoms with Gasteiger partial charge in [0.15, 0.2) is 0 Å². The molecule has 96 valence electrons. The monoisotopic (exact) mass is 226 g/mol. The molecule has 0 amide bonds. The van der Waals surface area contributed by atoms with Gasteiger partial charge in [0.25, 0.3) is 0 Å². The first-order chi connectivity index (χ1) is 7.63. The summed E-state index contributed by atoms with van der Waals surface area (Å²) in [5.41, 5.74) is 5.64. The Bertz CT molecular complexity index is 182. The summed E-state index contributed by atoms with van der Waals surface area (Å²) in [4.78, 5) is 2.58. The van der Waals surface area contributed by atoms with Crippen LogP contribution in [0.2, 0.25) is 0 Å². The second kappa shape index (κ2) is 7.29. The normalized spacial score (nSPS) is 28.3. The lowest BCUT2D eigenvalue weighted by molar-refractivity contribution is 0.160. The Balaban J connectivity index is 2.16. The van der Waals surface area contributed by atoms with E-state index in [2.05, 4.69) is 25.8 Å². The summed E-state index contributed by atoms with van der Waals surface area (Å²) >= 11 is 0. The SMILES string of the molecule is CC(CN)CCCN(C)C1CCCC(C)C1. The molecular weight excluding hydrogens is 196 g/mol. The highest BCUT2D eigenvalue weighted by atomic mass is 15.1. The third-order valence-corrected chi connectivity index (χ3v) is 4.14. The standard InChI is InChI=1S/C14H30N2/c1-12-6-4-8-14(10-12)16(3)9-5-7-13(2)11-15/h12-14H,4-11,15H2,1-3H3. The summed E-state index contributed by atoms with van der Waals surface area (Å²) < 4.78 is 0. The number of nitrogens with zero attached hydrogens (tertiary/aromatic N) is 1. The molecule has 0 saturated heterocycles. The third-order valence-electron chi connectivity index (χ3n) is 4.14. The van der Waals surface area contributed by atoms with Crippen molar-refractivity contribution in [2.24, 2.45) is 17.6 Å². The fourth-order valence-corrected chi connectivity index (χ4v) is 2.79. The highest BCUT2D eigenvalue weighted by Crippen LogP contribution is 2.26. The van der Waals surface area contributed by atoms with E-state index in [-0.39, 0.29) is 0 Å². The molecule has 1 aliphatic rings. The molecule has 0 spiro atoms. The molecule has 2 N–H and O–H groups in total. The summed E-state index contributed by atoms with van der Waals surface area (Å²) in [6, 6.07) is 0.844. The van der Waals surface area contributed by atoms with Crippen molar-refractivity contribution in [3.8, 4) is 0 Å². The summed E-state index contributed by atoms with van der Waals surface area (Å²) in [6.45, 7) is 6.74. The van der Waals surface area contributed by atoms with Gasteiger partial charge < -0.3 is 10.6 Å². The van der Waals surface area contributed by atoms with E-state index < -0.39 is 0 Å². The lowest BCUT2D eigenvalue weighted by atomic mass is 9.86. The molecular formula is C14H30N2. The van der Waals surface area contributed by atoms with Crippen LogP contribution in [0, 0.1) is 11.8 Å². The van der Waals surface area contributed by atoms with E-state index in [4.69, 9.17) is 5.73 Å². The Labute approximate surface area is 102 Å². The highest BCUT2D eigenvalue weighted by Gasteiger charge is 2.21. The lowest BCUT2D eigenvalue weighted by Gasteiger charge is -2.34. The van der Waals surface area contributed by atoms with Gasteiger partial charge in [0, 0.05) is 6.04 Å². The largest absolute Gasteiger partial charge is 0.330 e. The highest BCUT2D eigenvalue weighted by molar-refractivity contribution is 4.77. The molecule has 0 aliphatic heterocycles. The van der Waals surface area contributed by atoms with Gasteiger partial charge in [0.2, 0.25) is 0 Å². The molecule has 0 heterocycles. The maximum absolute atomic E-state index is 5.64. The Morgan fingerprint density at radius 3 is 2.75 bits per heavy atom. The molecule has 0 aromatic carbocycles. The molecule has 3 atom stereocenters. The summed E-state index contributed by atoms with van der Waals surface area (Å²) in [5.74, 6) is 1.63. The van der Waals surface area contributed by atoms with Crippen LogP contribution in [-0.2, 0) is 0 Å². The van der Waals surface area contributed by atoms with E-state index in [1.165, 1.54) is 45.1 Å². The summed E-state index contributed by atoms with van der Waals surface area (Å²) in [5, 5.41) is 0. The fraction of sp³-hybridized carbons (Fsp3) is 1.00. The van der Waals surface area contributed by atoms with Crippen LogP contribution in [0.25, 0.3) is 0 Å². The maximum atomic E-state index is 5.64. The van der Waals surface area contributed by atoms with Crippen LogP contribution in [-0.4, -0.2) is 31.1 Å². The molecule has 0 bridgehead atoms. The average Bonchev–Trinajstić information content (AvgIpc) is 2.28. The molecule has 2 heteroatoms. The Morgan fingerprint density at radius 1 is 1.38 bits per heavy atom.